The molecule has 2 aromatic heterocycles. The minimum absolute atomic E-state index is 0.0465. The Bertz CT molecular complexity index is 1690. The van der Waals surface area contributed by atoms with Crippen molar-refractivity contribution in [3.63, 3.8) is 0 Å². The summed E-state index contributed by atoms with van der Waals surface area (Å²) in [5.41, 5.74) is 0.809. The quantitative estimate of drug-likeness (QED) is 0.195. The summed E-state index contributed by atoms with van der Waals surface area (Å²) in [6, 6.07) is 17.3. The Morgan fingerprint density at radius 1 is 0.800 bits per heavy atom. The monoisotopic (exact) mass is 470 g/mol. The van der Waals surface area contributed by atoms with Crippen molar-refractivity contribution in [1.82, 2.24) is 0 Å². The van der Waals surface area contributed by atoms with Crippen molar-refractivity contribution >= 4 is 27.9 Å². The number of methoxy groups -OCH3 is 1. The van der Waals surface area contributed by atoms with E-state index < -0.39 is 17.0 Å². The van der Waals surface area contributed by atoms with Gasteiger partial charge in [-0.3, -0.25) is 4.79 Å². The third-order valence-electron chi connectivity index (χ3n) is 5.40. The van der Waals surface area contributed by atoms with Crippen LogP contribution in [-0.2, 0) is 0 Å². The lowest BCUT2D eigenvalue weighted by atomic mass is 10.1. The standard InChI is InChI=1S/C27H18O8/c1-15-11-25(28)35-23-13-18(7-9-20(15)23)33-24-14-32-22-12-19(8-10-21(22)26(24)29)34-27(30)16-3-5-17(31-2)6-4-16/h3-14H,1-2H3. The summed E-state index contributed by atoms with van der Waals surface area (Å²) in [6.45, 7) is 1.81. The first-order valence-electron chi connectivity index (χ1n) is 10.6. The molecule has 0 fully saturated rings. The number of fused-ring (bicyclic) bond motifs is 2. The minimum Gasteiger partial charge on any atom is -0.497 e. The number of benzene rings is 3. The number of carbonyl (C=O) groups is 1. The lowest BCUT2D eigenvalue weighted by molar-refractivity contribution is 0.0735. The highest BCUT2D eigenvalue weighted by molar-refractivity contribution is 5.91. The molecule has 5 rings (SSSR count). The fourth-order valence-corrected chi connectivity index (χ4v) is 3.61. The van der Waals surface area contributed by atoms with Crippen molar-refractivity contribution < 1.29 is 27.8 Å². The van der Waals surface area contributed by atoms with Crippen molar-refractivity contribution in [1.29, 1.82) is 0 Å². The lowest BCUT2D eigenvalue weighted by Gasteiger charge is -2.08. The molecule has 0 aliphatic heterocycles. The number of aryl methyl sites for hydroxylation is 1. The molecule has 0 aliphatic carbocycles. The second-order valence-corrected chi connectivity index (χ2v) is 7.71. The largest absolute Gasteiger partial charge is 0.497 e. The third kappa shape index (κ3) is 4.37. The van der Waals surface area contributed by atoms with Gasteiger partial charge in [0.1, 0.15) is 34.7 Å². The first-order valence-corrected chi connectivity index (χ1v) is 10.6. The minimum atomic E-state index is -0.563. The lowest BCUT2D eigenvalue weighted by Crippen LogP contribution is -2.09. The SMILES string of the molecule is COc1ccc(C(=O)Oc2ccc3c(=O)c(Oc4ccc5c(C)cc(=O)oc5c4)coc3c2)cc1. The van der Waals surface area contributed by atoms with Crippen LogP contribution in [0.3, 0.4) is 0 Å². The molecule has 0 atom stereocenters. The van der Waals surface area contributed by atoms with Crippen LogP contribution in [-0.4, -0.2) is 13.1 Å². The zero-order chi connectivity index (χ0) is 24.5. The number of carbonyl (C=O) groups excluding carboxylic acids is 1. The van der Waals surface area contributed by atoms with Crippen LogP contribution in [0.4, 0.5) is 0 Å². The molecule has 5 aromatic rings. The van der Waals surface area contributed by atoms with Crippen LogP contribution in [0.15, 0.2) is 91.4 Å². The highest BCUT2D eigenvalue weighted by Crippen LogP contribution is 2.27. The first kappa shape index (κ1) is 22.0. The van der Waals surface area contributed by atoms with Gasteiger partial charge in [-0.25, -0.2) is 9.59 Å². The molecule has 0 spiro atoms. The van der Waals surface area contributed by atoms with Crippen LogP contribution in [0.5, 0.6) is 23.0 Å². The molecule has 8 nitrogen and oxygen atoms in total. The van der Waals surface area contributed by atoms with Gasteiger partial charge in [0, 0.05) is 23.6 Å². The molecule has 0 bridgehead atoms. The molecular formula is C27H18O8. The zero-order valence-electron chi connectivity index (χ0n) is 18.7. The van der Waals surface area contributed by atoms with Crippen LogP contribution < -0.4 is 25.3 Å². The van der Waals surface area contributed by atoms with Gasteiger partial charge in [-0.2, -0.15) is 0 Å². The second-order valence-electron chi connectivity index (χ2n) is 7.71. The summed E-state index contributed by atoms with van der Waals surface area (Å²) >= 11 is 0. The van der Waals surface area contributed by atoms with Crippen LogP contribution in [0.25, 0.3) is 21.9 Å². The number of hydrogen-bond acceptors (Lipinski definition) is 8. The van der Waals surface area contributed by atoms with Gasteiger partial charge in [0.25, 0.3) is 0 Å². The molecule has 0 aliphatic rings. The van der Waals surface area contributed by atoms with Crippen molar-refractivity contribution in [2.75, 3.05) is 7.11 Å². The van der Waals surface area contributed by atoms with Gasteiger partial charge in [-0.05, 0) is 61.0 Å². The molecule has 2 heterocycles. The average molecular weight is 470 g/mol. The Morgan fingerprint density at radius 2 is 1.49 bits per heavy atom. The summed E-state index contributed by atoms with van der Waals surface area (Å²) < 4.78 is 27.0. The predicted molar refractivity (Wildman–Crippen MR) is 128 cm³/mol. The highest BCUT2D eigenvalue weighted by atomic mass is 16.5. The molecule has 174 valence electrons. The van der Waals surface area contributed by atoms with E-state index in [0.29, 0.717) is 22.6 Å². The van der Waals surface area contributed by atoms with Gasteiger partial charge in [-0.15, -0.1) is 0 Å². The molecule has 0 unspecified atom stereocenters. The van der Waals surface area contributed by atoms with Gasteiger partial charge in [0.05, 0.1) is 18.1 Å². The van der Waals surface area contributed by atoms with E-state index in [9.17, 15) is 14.4 Å². The van der Waals surface area contributed by atoms with E-state index in [2.05, 4.69) is 0 Å². The Hall–Kier alpha value is -4.85. The molecule has 35 heavy (non-hydrogen) atoms. The maximum Gasteiger partial charge on any atom is 0.343 e. The summed E-state index contributed by atoms with van der Waals surface area (Å²) in [5, 5.41) is 1.01. The highest BCUT2D eigenvalue weighted by Gasteiger charge is 2.14. The molecule has 0 saturated heterocycles. The van der Waals surface area contributed by atoms with Crippen LogP contribution >= 0.6 is 0 Å². The van der Waals surface area contributed by atoms with Crippen molar-refractivity contribution in [2.24, 2.45) is 0 Å². The molecule has 0 N–H and O–H groups in total. The fourth-order valence-electron chi connectivity index (χ4n) is 3.61. The van der Waals surface area contributed by atoms with Crippen molar-refractivity contribution in [3.05, 3.63) is 105 Å². The maximum absolute atomic E-state index is 12.9. The van der Waals surface area contributed by atoms with E-state index in [4.69, 9.17) is 23.0 Å². The van der Waals surface area contributed by atoms with E-state index in [1.807, 2.05) is 0 Å². The zero-order valence-corrected chi connectivity index (χ0v) is 18.7. The van der Waals surface area contributed by atoms with Crippen molar-refractivity contribution in [2.45, 2.75) is 6.92 Å². The molecule has 0 amide bonds. The second kappa shape index (κ2) is 8.83. The van der Waals surface area contributed by atoms with E-state index in [1.54, 1.807) is 43.3 Å². The average Bonchev–Trinajstić information content (AvgIpc) is 2.85. The van der Waals surface area contributed by atoms with E-state index >= 15 is 0 Å². The molecular weight excluding hydrogens is 452 g/mol. The summed E-state index contributed by atoms with van der Waals surface area (Å²) in [4.78, 5) is 37.0. The number of ether oxygens (including phenoxy) is 3. The normalized spacial score (nSPS) is 10.9. The topological polar surface area (TPSA) is 105 Å². The Morgan fingerprint density at radius 3 is 2.26 bits per heavy atom. The van der Waals surface area contributed by atoms with E-state index in [0.717, 1.165) is 10.9 Å². The Kier molecular flexibility index (Phi) is 5.54. The van der Waals surface area contributed by atoms with E-state index in [1.165, 1.54) is 43.7 Å². The smallest absolute Gasteiger partial charge is 0.343 e. The van der Waals surface area contributed by atoms with Gasteiger partial charge in [-0.1, -0.05) is 0 Å². The maximum atomic E-state index is 12.9. The number of rotatable bonds is 5. The molecule has 8 heteroatoms. The van der Waals surface area contributed by atoms with Gasteiger partial charge < -0.3 is 23.0 Å². The van der Waals surface area contributed by atoms with Crippen LogP contribution in [0.1, 0.15) is 15.9 Å². The number of esters is 1. The Balaban J connectivity index is 1.40. The van der Waals surface area contributed by atoms with Crippen molar-refractivity contribution in [3.8, 4) is 23.0 Å². The molecule has 0 radical (unpaired) electrons. The summed E-state index contributed by atoms with van der Waals surface area (Å²) in [5.74, 6) is 0.538. The van der Waals surface area contributed by atoms with E-state index in [-0.39, 0.29) is 22.5 Å². The molecule has 0 saturated carbocycles. The van der Waals surface area contributed by atoms with Gasteiger partial charge in [0.2, 0.25) is 11.2 Å². The third-order valence-corrected chi connectivity index (χ3v) is 5.40. The fraction of sp³-hybridized carbons (Fsp3) is 0.0741. The van der Waals surface area contributed by atoms with Gasteiger partial charge >= 0.3 is 11.6 Å². The van der Waals surface area contributed by atoms with Crippen LogP contribution in [0.2, 0.25) is 0 Å². The summed E-state index contributed by atoms with van der Waals surface area (Å²) in [7, 11) is 1.54. The molecule has 3 aromatic carbocycles. The van der Waals surface area contributed by atoms with Gasteiger partial charge in [0.15, 0.2) is 0 Å². The summed E-state index contributed by atoms with van der Waals surface area (Å²) in [6.07, 6.45) is 1.18. The number of hydrogen-bond donors (Lipinski definition) is 0. The Labute approximate surface area is 197 Å². The first-order chi connectivity index (χ1) is 16.9. The van der Waals surface area contributed by atoms with Crippen LogP contribution in [0, 0.1) is 6.92 Å². The predicted octanol–water partition coefficient (Wildman–Crippen LogP) is 5.23.